The Morgan fingerprint density at radius 3 is 1.24 bits per heavy atom. The van der Waals surface area contributed by atoms with Gasteiger partial charge in [0, 0.05) is 0 Å². The summed E-state index contributed by atoms with van der Waals surface area (Å²) in [4.78, 5) is 0. The van der Waals surface area contributed by atoms with E-state index in [-0.39, 0.29) is 24.8 Å². The van der Waals surface area contributed by atoms with Crippen LogP contribution in [-0.4, -0.2) is 5.49 Å². The summed E-state index contributed by atoms with van der Waals surface area (Å²) in [7, 11) is 0. The summed E-state index contributed by atoms with van der Waals surface area (Å²) in [6.07, 6.45) is 5.25. The SMILES string of the molecule is CC(C)C1=Cc2c(-c3ccccc3)cccc2[CH]1[Hf+2]([CH]1C(C(C)C)=Cc2c(-c3ccccc3)cccc21)=[Si](C)C.[Cl-].[Cl-]. The maximum atomic E-state index is 2.65. The van der Waals surface area contributed by atoms with Gasteiger partial charge in [0.2, 0.25) is 0 Å². The fraction of sp³-hybridized carbons (Fsp3) is 0.263. The molecule has 2 atom stereocenters. The van der Waals surface area contributed by atoms with Crippen molar-refractivity contribution in [3.8, 4) is 22.3 Å². The molecule has 0 nitrogen and oxygen atoms in total. The van der Waals surface area contributed by atoms with Gasteiger partial charge in [-0.2, -0.15) is 0 Å². The molecular formula is C38H40Cl2HfSi. The molecule has 2 unspecified atom stereocenters. The van der Waals surface area contributed by atoms with E-state index < -0.39 is 25.6 Å². The minimum absolute atomic E-state index is 0. The number of hydrogen-bond donors (Lipinski definition) is 0. The Bertz CT molecular complexity index is 1540. The molecule has 0 aromatic heterocycles. The van der Waals surface area contributed by atoms with Crippen molar-refractivity contribution in [3.05, 3.63) is 130 Å². The molecule has 0 amide bonds. The van der Waals surface area contributed by atoms with Crippen molar-refractivity contribution in [2.24, 2.45) is 11.8 Å². The van der Waals surface area contributed by atoms with E-state index in [0.29, 0.717) is 19.2 Å². The van der Waals surface area contributed by atoms with Crippen LogP contribution in [0.15, 0.2) is 108 Å². The van der Waals surface area contributed by atoms with Gasteiger partial charge in [0.1, 0.15) is 0 Å². The zero-order valence-corrected chi connectivity index (χ0v) is 31.6. The fourth-order valence-corrected chi connectivity index (χ4v) is 36.9. The molecule has 0 saturated heterocycles. The fourth-order valence-electron chi connectivity index (χ4n) is 7.03. The Morgan fingerprint density at radius 1 is 0.524 bits per heavy atom. The van der Waals surface area contributed by atoms with Crippen molar-refractivity contribution in [2.45, 2.75) is 48.1 Å². The Balaban J connectivity index is 0.00000202. The van der Waals surface area contributed by atoms with Gasteiger partial charge in [0.05, 0.1) is 0 Å². The van der Waals surface area contributed by atoms with Crippen LogP contribution in [0.25, 0.3) is 34.4 Å². The zero-order valence-electron chi connectivity index (χ0n) is 25.5. The Hall–Kier alpha value is -1.97. The number of rotatable bonds is 6. The molecule has 0 heterocycles. The van der Waals surface area contributed by atoms with Crippen molar-refractivity contribution in [1.82, 2.24) is 0 Å². The normalized spacial score (nSPS) is 16.5. The number of benzene rings is 4. The molecule has 0 fully saturated rings. The molecule has 0 aliphatic heterocycles. The third-order valence-corrected chi connectivity index (χ3v) is 36.3. The second-order valence-electron chi connectivity index (χ2n) is 12.3. The van der Waals surface area contributed by atoms with Crippen LogP contribution in [-0.2, 0) is 20.1 Å². The van der Waals surface area contributed by atoms with E-state index in [4.69, 9.17) is 0 Å². The number of allylic oxidation sites excluding steroid dienone is 2. The molecule has 2 aliphatic carbocycles. The van der Waals surface area contributed by atoms with Crippen molar-refractivity contribution in [2.75, 3.05) is 0 Å². The average Bonchev–Trinajstić information content (AvgIpc) is 3.54. The van der Waals surface area contributed by atoms with Gasteiger partial charge in [-0.25, -0.2) is 0 Å². The molecule has 42 heavy (non-hydrogen) atoms. The second kappa shape index (κ2) is 13.8. The summed E-state index contributed by atoms with van der Waals surface area (Å²) in [6, 6.07) is 36.4. The smallest absolute Gasteiger partial charge is 1.00 e. The van der Waals surface area contributed by atoms with Gasteiger partial charge >= 0.3 is 250 Å². The van der Waals surface area contributed by atoms with E-state index in [1.165, 1.54) is 33.4 Å². The molecule has 0 N–H and O–H groups in total. The minimum Gasteiger partial charge on any atom is -1.00 e. The summed E-state index contributed by atoms with van der Waals surface area (Å²) < 4.78 is 1.32. The summed E-state index contributed by atoms with van der Waals surface area (Å²) >= 11 is -2.42. The molecule has 0 bridgehead atoms. The van der Waals surface area contributed by atoms with Crippen LogP contribution in [0.1, 0.15) is 57.3 Å². The van der Waals surface area contributed by atoms with Gasteiger partial charge in [-0.3, -0.25) is 0 Å². The quantitative estimate of drug-likeness (QED) is 0.248. The Labute approximate surface area is 273 Å². The van der Waals surface area contributed by atoms with Crippen LogP contribution in [0.4, 0.5) is 0 Å². The average molecular weight is 774 g/mol. The maximum absolute atomic E-state index is 2.65. The molecule has 4 aromatic rings. The number of fused-ring (bicyclic) bond motifs is 2. The standard InChI is InChI=1S/2C18H17.C2H6Si.2ClH.Hf/c2*1-13(2)16-11-15-9-6-10-17(18(15)12-16)14-7-4-3-5-8-14;1-3-2;;;/h2*3-13H,1-2H3;1-2H3;2*1H;/q;;;;;+2/p-2. The van der Waals surface area contributed by atoms with E-state index in [2.05, 4.69) is 150 Å². The third kappa shape index (κ3) is 5.90. The van der Waals surface area contributed by atoms with Gasteiger partial charge in [-0.1, -0.05) is 0 Å². The van der Waals surface area contributed by atoms with Gasteiger partial charge in [-0.15, -0.1) is 0 Å². The Kier molecular flexibility index (Phi) is 10.8. The van der Waals surface area contributed by atoms with Crippen molar-refractivity contribution in [3.63, 3.8) is 0 Å². The predicted molar refractivity (Wildman–Crippen MR) is 172 cm³/mol. The van der Waals surface area contributed by atoms with E-state index in [1.54, 1.807) is 22.3 Å². The number of halogens is 2. The van der Waals surface area contributed by atoms with Gasteiger partial charge in [-0.05, 0) is 0 Å². The summed E-state index contributed by atoms with van der Waals surface area (Å²) in [5.74, 6) is 1.12. The molecule has 214 valence electrons. The third-order valence-electron chi connectivity index (χ3n) is 8.89. The van der Waals surface area contributed by atoms with Crippen LogP contribution in [0.3, 0.4) is 0 Å². The van der Waals surface area contributed by atoms with Gasteiger partial charge in [0.15, 0.2) is 0 Å². The monoisotopic (exact) mass is 774 g/mol. The first-order chi connectivity index (χ1) is 19.4. The van der Waals surface area contributed by atoms with Crippen molar-refractivity contribution >= 4 is 17.6 Å². The van der Waals surface area contributed by atoms with Crippen LogP contribution in [0.5, 0.6) is 0 Å². The summed E-state index contributed by atoms with van der Waals surface area (Å²) in [5, 5.41) is 0. The molecule has 0 radical (unpaired) electrons. The molecule has 0 saturated carbocycles. The largest absolute Gasteiger partial charge is 1.00 e. The second-order valence-corrected chi connectivity index (χ2v) is 37.2. The van der Waals surface area contributed by atoms with E-state index >= 15 is 0 Å². The van der Waals surface area contributed by atoms with Crippen molar-refractivity contribution in [1.29, 1.82) is 0 Å². The minimum atomic E-state index is -2.42. The Morgan fingerprint density at radius 2 is 0.905 bits per heavy atom. The van der Waals surface area contributed by atoms with Crippen LogP contribution in [0.2, 0.25) is 13.1 Å². The summed E-state index contributed by atoms with van der Waals surface area (Å²) in [5.41, 5.74) is 14.7. The van der Waals surface area contributed by atoms with Crippen LogP contribution < -0.4 is 24.8 Å². The molecule has 4 heteroatoms. The van der Waals surface area contributed by atoms with Gasteiger partial charge < -0.3 is 24.8 Å². The first-order valence-electron chi connectivity index (χ1n) is 14.8. The molecule has 6 rings (SSSR count). The van der Waals surface area contributed by atoms with E-state index in [1.807, 2.05) is 0 Å². The van der Waals surface area contributed by atoms with Crippen molar-refractivity contribution < 1.29 is 44.9 Å². The summed E-state index contributed by atoms with van der Waals surface area (Å²) in [6.45, 7) is 15.0. The molecular weight excluding hydrogens is 734 g/mol. The molecule has 4 aromatic carbocycles. The maximum Gasteiger partial charge on any atom is -1.00 e. The predicted octanol–water partition coefficient (Wildman–Crippen LogP) is 4.79. The zero-order chi connectivity index (χ0) is 28.0. The van der Waals surface area contributed by atoms with Crippen LogP contribution in [0, 0.1) is 11.8 Å². The van der Waals surface area contributed by atoms with Gasteiger partial charge in [0.25, 0.3) is 0 Å². The van der Waals surface area contributed by atoms with E-state index in [9.17, 15) is 0 Å². The first-order valence-corrected chi connectivity index (χ1v) is 26.9. The molecule has 0 spiro atoms. The number of hydrogen-bond acceptors (Lipinski definition) is 0. The van der Waals surface area contributed by atoms with Crippen LogP contribution >= 0.6 is 0 Å². The first kappa shape index (κ1) is 32.9. The van der Waals surface area contributed by atoms with E-state index in [0.717, 1.165) is 0 Å². The topological polar surface area (TPSA) is 0 Å². The molecule has 2 aliphatic rings.